The van der Waals surface area contributed by atoms with E-state index < -0.39 is 23.2 Å². The molecule has 1 aromatic heterocycles. The molecule has 31 heavy (non-hydrogen) atoms. The van der Waals surface area contributed by atoms with Crippen LogP contribution in [0.1, 0.15) is 23.2 Å². The zero-order valence-corrected chi connectivity index (χ0v) is 16.5. The molecular weight excluding hydrogens is 413 g/mol. The molecule has 1 heterocycles. The first-order valence-electron chi connectivity index (χ1n) is 9.29. The molecule has 0 aliphatic carbocycles. The Morgan fingerprint density at radius 2 is 1.90 bits per heavy atom. The zero-order chi connectivity index (χ0) is 22.4. The summed E-state index contributed by atoms with van der Waals surface area (Å²) < 4.78 is 43.4. The van der Waals surface area contributed by atoms with Gasteiger partial charge in [0.2, 0.25) is 5.91 Å². The fourth-order valence-corrected chi connectivity index (χ4v) is 2.80. The molecule has 0 aliphatic heterocycles. The summed E-state index contributed by atoms with van der Waals surface area (Å²) in [5.41, 5.74) is -0.227. The number of hydrogen-bond donors (Lipinski definition) is 2. The summed E-state index contributed by atoms with van der Waals surface area (Å²) in [5.74, 6) is 0.443. The predicted octanol–water partition coefficient (Wildman–Crippen LogP) is 3.11. The summed E-state index contributed by atoms with van der Waals surface area (Å²) in [5, 5.41) is 10.4. The van der Waals surface area contributed by atoms with Crippen LogP contribution >= 0.6 is 0 Å². The van der Waals surface area contributed by atoms with Crippen LogP contribution in [0.3, 0.4) is 0 Å². The monoisotopic (exact) mass is 432 g/mol. The van der Waals surface area contributed by atoms with Crippen molar-refractivity contribution in [2.75, 3.05) is 7.11 Å². The molecule has 0 saturated carbocycles. The lowest BCUT2D eigenvalue weighted by molar-refractivity contribution is -0.137. The van der Waals surface area contributed by atoms with E-state index >= 15 is 0 Å². The van der Waals surface area contributed by atoms with Gasteiger partial charge in [-0.05, 0) is 29.8 Å². The predicted molar refractivity (Wildman–Crippen MR) is 106 cm³/mol. The second-order valence-corrected chi connectivity index (χ2v) is 6.66. The van der Waals surface area contributed by atoms with E-state index in [0.717, 1.165) is 12.1 Å². The molecule has 2 aromatic carbocycles. The Balaban J connectivity index is 1.57. The van der Waals surface area contributed by atoms with Crippen molar-refractivity contribution in [3.05, 3.63) is 75.7 Å². The van der Waals surface area contributed by atoms with Crippen LogP contribution in [0.2, 0.25) is 0 Å². The highest BCUT2D eigenvalue weighted by Crippen LogP contribution is 2.29. The molecule has 7 nitrogen and oxygen atoms in total. The first-order valence-corrected chi connectivity index (χ1v) is 9.29. The van der Waals surface area contributed by atoms with Gasteiger partial charge in [-0.3, -0.25) is 9.59 Å². The van der Waals surface area contributed by atoms with Crippen molar-refractivity contribution >= 4 is 5.91 Å². The number of methoxy groups -OCH3 is 1. The van der Waals surface area contributed by atoms with Gasteiger partial charge in [-0.15, -0.1) is 10.2 Å². The minimum atomic E-state index is -4.45. The molecule has 0 aliphatic rings. The smallest absolute Gasteiger partial charge is 0.416 e. The van der Waals surface area contributed by atoms with E-state index in [-0.39, 0.29) is 30.9 Å². The van der Waals surface area contributed by atoms with Crippen LogP contribution in [0.25, 0.3) is 11.4 Å². The van der Waals surface area contributed by atoms with Gasteiger partial charge in [-0.25, -0.2) is 0 Å². The fourth-order valence-electron chi connectivity index (χ4n) is 2.80. The summed E-state index contributed by atoms with van der Waals surface area (Å²) in [7, 11) is 1.52. The number of hydrogen-bond acceptors (Lipinski definition) is 5. The van der Waals surface area contributed by atoms with Crippen molar-refractivity contribution in [1.29, 1.82) is 0 Å². The standard InChI is InChI=1S/C21H19F3N4O3/c1-31-16-7-3-5-14(11-16)19-26-20(30)17(27-28-19)8-9-18(29)25-12-13-4-2-6-15(10-13)21(22,23)24/h2-7,10-11H,8-9,12H2,1H3,(H,25,29)(H,26,28,30). The van der Waals surface area contributed by atoms with Crippen molar-refractivity contribution in [3.63, 3.8) is 0 Å². The van der Waals surface area contributed by atoms with Gasteiger partial charge in [0.15, 0.2) is 5.82 Å². The van der Waals surface area contributed by atoms with Crippen molar-refractivity contribution in [1.82, 2.24) is 20.5 Å². The number of nitrogens with one attached hydrogen (secondary N) is 2. The lowest BCUT2D eigenvalue weighted by Gasteiger charge is -2.09. The number of ether oxygens (including phenoxy) is 1. The second kappa shape index (κ2) is 9.41. The van der Waals surface area contributed by atoms with Gasteiger partial charge in [0.05, 0.1) is 12.7 Å². The zero-order valence-electron chi connectivity index (χ0n) is 16.5. The third kappa shape index (κ3) is 5.91. The molecule has 0 unspecified atom stereocenters. The van der Waals surface area contributed by atoms with Crippen LogP contribution in [0.4, 0.5) is 13.2 Å². The van der Waals surface area contributed by atoms with E-state index in [1.807, 2.05) is 0 Å². The molecule has 10 heteroatoms. The molecule has 2 N–H and O–H groups in total. The lowest BCUT2D eigenvalue weighted by atomic mass is 10.1. The second-order valence-electron chi connectivity index (χ2n) is 6.66. The molecule has 1 amide bonds. The number of aryl methyl sites for hydroxylation is 1. The molecule has 0 fully saturated rings. The summed E-state index contributed by atoms with van der Waals surface area (Å²) in [4.78, 5) is 26.9. The third-order valence-electron chi connectivity index (χ3n) is 4.44. The highest BCUT2D eigenvalue weighted by Gasteiger charge is 2.30. The van der Waals surface area contributed by atoms with Gasteiger partial charge in [-0.1, -0.05) is 24.3 Å². The number of halogens is 3. The van der Waals surface area contributed by atoms with Crippen LogP contribution in [0.15, 0.2) is 53.3 Å². The number of H-pyrrole nitrogens is 1. The van der Waals surface area contributed by atoms with E-state index in [9.17, 15) is 22.8 Å². The Kier molecular flexibility index (Phi) is 6.68. The van der Waals surface area contributed by atoms with E-state index in [2.05, 4.69) is 20.5 Å². The van der Waals surface area contributed by atoms with E-state index in [1.54, 1.807) is 24.3 Å². The van der Waals surface area contributed by atoms with Crippen molar-refractivity contribution in [3.8, 4) is 17.1 Å². The Labute approximate surface area is 175 Å². The minimum Gasteiger partial charge on any atom is -0.497 e. The topological polar surface area (TPSA) is 97.0 Å². The van der Waals surface area contributed by atoms with Gasteiger partial charge in [-0.2, -0.15) is 13.2 Å². The number of amides is 1. The number of alkyl halides is 3. The lowest BCUT2D eigenvalue weighted by Crippen LogP contribution is -2.25. The number of benzene rings is 2. The number of nitrogens with zero attached hydrogens (tertiary/aromatic N) is 2. The number of aromatic amines is 1. The highest BCUT2D eigenvalue weighted by atomic mass is 19.4. The summed E-state index contributed by atoms with van der Waals surface area (Å²) >= 11 is 0. The largest absolute Gasteiger partial charge is 0.497 e. The number of carbonyl (C=O) groups is 1. The Morgan fingerprint density at radius 3 is 2.61 bits per heavy atom. The Morgan fingerprint density at radius 1 is 1.13 bits per heavy atom. The molecular formula is C21H19F3N4O3. The molecule has 0 bridgehead atoms. The first-order chi connectivity index (χ1) is 14.8. The van der Waals surface area contributed by atoms with Gasteiger partial charge >= 0.3 is 6.18 Å². The van der Waals surface area contributed by atoms with Crippen LogP contribution < -0.4 is 15.6 Å². The molecule has 0 radical (unpaired) electrons. The van der Waals surface area contributed by atoms with Crippen molar-refractivity contribution < 1.29 is 22.7 Å². The summed E-state index contributed by atoms with van der Waals surface area (Å²) in [6, 6.07) is 11.6. The average molecular weight is 432 g/mol. The molecule has 0 atom stereocenters. The van der Waals surface area contributed by atoms with Gasteiger partial charge in [0.1, 0.15) is 11.4 Å². The van der Waals surface area contributed by atoms with Crippen LogP contribution in [-0.4, -0.2) is 28.2 Å². The number of carbonyl (C=O) groups excluding carboxylic acids is 1. The minimum absolute atomic E-state index is 0.0369. The summed E-state index contributed by atoms with van der Waals surface area (Å²) in [6.45, 7) is -0.0560. The highest BCUT2D eigenvalue weighted by molar-refractivity contribution is 5.76. The maximum atomic E-state index is 12.7. The Bertz CT molecular complexity index is 1130. The van der Waals surface area contributed by atoms with Gasteiger partial charge < -0.3 is 15.0 Å². The van der Waals surface area contributed by atoms with E-state index in [0.29, 0.717) is 16.9 Å². The maximum Gasteiger partial charge on any atom is 0.416 e. The van der Waals surface area contributed by atoms with Crippen molar-refractivity contribution in [2.24, 2.45) is 0 Å². The third-order valence-corrected chi connectivity index (χ3v) is 4.44. The normalized spacial score (nSPS) is 11.2. The van der Waals surface area contributed by atoms with E-state index in [4.69, 9.17) is 4.74 Å². The molecule has 3 rings (SSSR count). The van der Waals surface area contributed by atoms with Gasteiger partial charge in [0.25, 0.3) is 5.56 Å². The van der Waals surface area contributed by atoms with Crippen LogP contribution in [-0.2, 0) is 23.9 Å². The fraction of sp³-hybridized carbons (Fsp3) is 0.238. The molecule has 3 aromatic rings. The number of rotatable bonds is 7. The molecule has 162 valence electrons. The molecule has 0 saturated heterocycles. The van der Waals surface area contributed by atoms with Gasteiger partial charge in [0, 0.05) is 24.9 Å². The first kappa shape index (κ1) is 22.0. The van der Waals surface area contributed by atoms with Crippen LogP contribution in [0.5, 0.6) is 5.75 Å². The molecule has 0 spiro atoms. The quantitative estimate of drug-likeness (QED) is 0.598. The average Bonchev–Trinajstić information content (AvgIpc) is 2.76. The SMILES string of the molecule is COc1cccc(-c2nnc(CCC(=O)NCc3cccc(C(F)(F)F)c3)c(=O)[nH]2)c1. The maximum absolute atomic E-state index is 12.7. The number of aromatic nitrogens is 3. The van der Waals surface area contributed by atoms with E-state index in [1.165, 1.54) is 19.2 Å². The summed E-state index contributed by atoms with van der Waals surface area (Å²) in [6.07, 6.45) is -4.47. The Hall–Kier alpha value is -3.69. The van der Waals surface area contributed by atoms with Crippen LogP contribution in [0, 0.1) is 0 Å². The van der Waals surface area contributed by atoms with Crippen molar-refractivity contribution in [2.45, 2.75) is 25.6 Å².